The summed E-state index contributed by atoms with van der Waals surface area (Å²) >= 11 is 0. The van der Waals surface area contributed by atoms with Crippen molar-refractivity contribution in [2.75, 3.05) is 11.9 Å². The lowest BCUT2D eigenvalue weighted by Crippen LogP contribution is -2.51. The molecule has 1 fully saturated rings. The number of nitrogens with zero attached hydrogens (tertiary/aromatic N) is 1. The van der Waals surface area contributed by atoms with E-state index in [2.05, 4.69) is 5.32 Å². The van der Waals surface area contributed by atoms with Crippen molar-refractivity contribution in [2.24, 2.45) is 5.92 Å². The van der Waals surface area contributed by atoms with Crippen molar-refractivity contribution < 1.29 is 23.5 Å². The Morgan fingerprint density at radius 1 is 1.38 bits per heavy atom. The van der Waals surface area contributed by atoms with E-state index in [1.807, 2.05) is 6.92 Å². The van der Waals surface area contributed by atoms with E-state index >= 15 is 0 Å². The maximum atomic E-state index is 13.5. The number of urea groups is 1. The van der Waals surface area contributed by atoms with Gasteiger partial charge < -0.3 is 15.3 Å². The summed E-state index contributed by atoms with van der Waals surface area (Å²) < 4.78 is 26.6. The fraction of sp³-hybridized carbons (Fsp3) is 0.429. The van der Waals surface area contributed by atoms with Crippen LogP contribution in [0, 0.1) is 17.6 Å². The minimum atomic E-state index is -1.16. The van der Waals surface area contributed by atoms with Crippen LogP contribution in [-0.2, 0) is 4.79 Å². The van der Waals surface area contributed by atoms with Gasteiger partial charge in [0.1, 0.15) is 6.04 Å². The van der Waals surface area contributed by atoms with Crippen LogP contribution < -0.4 is 5.32 Å². The average molecular weight is 298 g/mol. The number of likely N-dealkylation sites (tertiary alicyclic amines) is 1. The van der Waals surface area contributed by atoms with E-state index < -0.39 is 29.7 Å². The number of hydrogen-bond donors (Lipinski definition) is 2. The first kappa shape index (κ1) is 15.2. The van der Waals surface area contributed by atoms with E-state index in [9.17, 15) is 23.5 Å². The summed E-state index contributed by atoms with van der Waals surface area (Å²) in [5.74, 6) is -3.14. The summed E-state index contributed by atoms with van der Waals surface area (Å²) in [5.41, 5.74) is -0.303. The molecule has 0 spiro atoms. The van der Waals surface area contributed by atoms with Crippen LogP contribution in [0.3, 0.4) is 0 Å². The van der Waals surface area contributed by atoms with Crippen molar-refractivity contribution in [3.8, 4) is 0 Å². The highest BCUT2D eigenvalue weighted by Gasteiger charge is 2.35. The van der Waals surface area contributed by atoms with Gasteiger partial charge >= 0.3 is 12.0 Å². The second-order valence-corrected chi connectivity index (χ2v) is 5.21. The lowest BCUT2D eigenvalue weighted by Gasteiger charge is -2.35. The van der Waals surface area contributed by atoms with E-state index in [0.29, 0.717) is 12.8 Å². The number of halogens is 2. The highest BCUT2D eigenvalue weighted by atomic mass is 19.2. The van der Waals surface area contributed by atoms with Crippen molar-refractivity contribution in [2.45, 2.75) is 25.8 Å². The van der Waals surface area contributed by atoms with Gasteiger partial charge in [-0.3, -0.25) is 0 Å². The second kappa shape index (κ2) is 6.07. The first-order valence-electron chi connectivity index (χ1n) is 6.64. The van der Waals surface area contributed by atoms with Crippen LogP contribution in [0.2, 0.25) is 0 Å². The lowest BCUT2D eigenvalue weighted by molar-refractivity contribution is -0.143. The van der Waals surface area contributed by atoms with Crippen LogP contribution in [0.25, 0.3) is 0 Å². The zero-order chi connectivity index (χ0) is 15.6. The zero-order valence-corrected chi connectivity index (χ0v) is 11.5. The number of anilines is 1. The molecule has 1 saturated heterocycles. The molecular formula is C14H16F2N2O3. The fourth-order valence-electron chi connectivity index (χ4n) is 2.41. The number of nitrogens with one attached hydrogen (secondary N) is 1. The van der Waals surface area contributed by atoms with Crippen molar-refractivity contribution in [3.05, 3.63) is 29.8 Å². The van der Waals surface area contributed by atoms with Crippen LogP contribution in [0.1, 0.15) is 19.8 Å². The molecule has 1 aliphatic rings. The van der Waals surface area contributed by atoms with Crippen LogP contribution in [-0.4, -0.2) is 34.6 Å². The van der Waals surface area contributed by atoms with Gasteiger partial charge in [-0.15, -0.1) is 0 Å². The van der Waals surface area contributed by atoms with E-state index in [1.165, 1.54) is 12.1 Å². The molecule has 21 heavy (non-hydrogen) atoms. The van der Waals surface area contributed by atoms with E-state index in [1.54, 1.807) is 0 Å². The summed E-state index contributed by atoms with van der Waals surface area (Å²) in [4.78, 5) is 24.5. The standard InChI is InChI=1S/C14H16F2N2O3/c1-8-5-6-18(11(7-8)13(19)20)14(21)17-10-4-2-3-9(15)12(10)16/h2-4,8,11H,5-7H2,1H3,(H,17,21)(H,19,20). The average Bonchev–Trinajstić information content (AvgIpc) is 2.43. The maximum Gasteiger partial charge on any atom is 0.326 e. The van der Waals surface area contributed by atoms with Crippen LogP contribution >= 0.6 is 0 Å². The first-order chi connectivity index (χ1) is 9.90. The van der Waals surface area contributed by atoms with Crippen molar-refractivity contribution >= 4 is 17.7 Å². The van der Waals surface area contributed by atoms with E-state index in [0.717, 1.165) is 11.0 Å². The van der Waals surface area contributed by atoms with Crippen LogP contribution in [0.15, 0.2) is 18.2 Å². The Labute approximate surface area is 120 Å². The van der Waals surface area contributed by atoms with Crippen LogP contribution in [0.4, 0.5) is 19.3 Å². The van der Waals surface area contributed by atoms with Gasteiger partial charge in [0.05, 0.1) is 5.69 Å². The summed E-state index contributed by atoms with van der Waals surface area (Å²) in [6.07, 6.45) is 1.01. The lowest BCUT2D eigenvalue weighted by atomic mass is 9.93. The number of benzene rings is 1. The molecule has 5 nitrogen and oxygen atoms in total. The molecule has 0 radical (unpaired) electrons. The molecular weight excluding hydrogens is 282 g/mol. The van der Waals surface area contributed by atoms with Gasteiger partial charge in [-0.25, -0.2) is 18.4 Å². The van der Waals surface area contributed by atoms with E-state index in [-0.39, 0.29) is 18.2 Å². The molecule has 0 saturated carbocycles. The summed E-state index contributed by atoms with van der Waals surface area (Å²) in [6, 6.07) is 1.73. The molecule has 1 aromatic rings. The van der Waals surface area contributed by atoms with Crippen molar-refractivity contribution in [3.63, 3.8) is 0 Å². The van der Waals surface area contributed by atoms with Gasteiger partial charge in [0.15, 0.2) is 11.6 Å². The minimum absolute atomic E-state index is 0.195. The number of aliphatic carboxylic acids is 1. The third-order valence-electron chi connectivity index (χ3n) is 3.60. The zero-order valence-electron chi connectivity index (χ0n) is 11.5. The molecule has 0 aromatic heterocycles. The first-order valence-corrected chi connectivity index (χ1v) is 6.64. The van der Waals surface area contributed by atoms with Crippen molar-refractivity contribution in [1.82, 2.24) is 4.90 Å². The maximum absolute atomic E-state index is 13.5. The Morgan fingerprint density at radius 3 is 2.76 bits per heavy atom. The Balaban J connectivity index is 2.15. The summed E-state index contributed by atoms with van der Waals surface area (Å²) in [5, 5.41) is 11.4. The predicted octanol–water partition coefficient (Wildman–Crippen LogP) is 2.68. The smallest absolute Gasteiger partial charge is 0.326 e. The Kier molecular flexibility index (Phi) is 4.40. The molecule has 0 aliphatic carbocycles. The highest BCUT2D eigenvalue weighted by Crippen LogP contribution is 2.24. The molecule has 1 aromatic carbocycles. The Bertz CT molecular complexity index is 565. The summed E-state index contributed by atoms with van der Waals surface area (Å²) in [6.45, 7) is 2.18. The minimum Gasteiger partial charge on any atom is -0.480 e. The van der Waals surface area contributed by atoms with Gasteiger partial charge in [-0.1, -0.05) is 13.0 Å². The number of carboxylic acids is 1. The number of hydrogen-bond acceptors (Lipinski definition) is 2. The molecule has 2 rings (SSSR count). The highest BCUT2D eigenvalue weighted by molar-refractivity contribution is 5.92. The van der Waals surface area contributed by atoms with E-state index in [4.69, 9.17) is 0 Å². The monoisotopic (exact) mass is 298 g/mol. The number of amides is 2. The quantitative estimate of drug-likeness (QED) is 0.882. The third kappa shape index (κ3) is 3.29. The molecule has 1 heterocycles. The largest absolute Gasteiger partial charge is 0.480 e. The number of piperidine rings is 1. The molecule has 7 heteroatoms. The van der Waals surface area contributed by atoms with Crippen molar-refractivity contribution in [1.29, 1.82) is 0 Å². The van der Waals surface area contributed by atoms with Gasteiger partial charge in [0.25, 0.3) is 0 Å². The Hall–Kier alpha value is -2.18. The number of rotatable bonds is 2. The SMILES string of the molecule is CC1CCN(C(=O)Nc2cccc(F)c2F)C(C(=O)O)C1. The molecule has 114 valence electrons. The van der Waals surface area contributed by atoms with Crippen LogP contribution in [0.5, 0.6) is 0 Å². The molecule has 0 bridgehead atoms. The summed E-state index contributed by atoms with van der Waals surface area (Å²) in [7, 11) is 0. The molecule has 2 atom stereocenters. The molecule has 2 N–H and O–H groups in total. The second-order valence-electron chi connectivity index (χ2n) is 5.21. The van der Waals surface area contributed by atoms with Gasteiger partial charge in [-0.2, -0.15) is 0 Å². The topological polar surface area (TPSA) is 69.6 Å². The third-order valence-corrected chi connectivity index (χ3v) is 3.60. The number of carbonyl (C=O) groups is 2. The predicted molar refractivity (Wildman–Crippen MR) is 71.9 cm³/mol. The molecule has 1 aliphatic heterocycles. The molecule has 2 unspecified atom stereocenters. The normalized spacial score (nSPS) is 22.0. The number of carbonyl (C=O) groups excluding carboxylic acids is 1. The number of carboxylic acid groups (broad SMARTS) is 1. The van der Waals surface area contributed by atoms with Gasteiger partial charge in [-0.05, 0) is 30.9 Å². The molecule has 2 amide bonds. The fourth-order valence-corrected chi connectivity index (χ4v) is 2.41. The van der Waals surface area contributed by atoms with Gasteiger partial charge in [0.2, 0.25) is 0 Å². The Morgan fingerprint density at radius 2 is 2.10 bits per heavy atom. The van der Waals surface area contributed by atoms with Gasteiger partial charge in [0, 0.05) is 6.54 Å².